The molecule has 1 atom stereocenters. The maximum atomic E-state index is 4.74. The molecule has 0 aliphatic carbocycles. The summed E-state index contributed by atoms with van der Waals surface area (Å²) in [4.78, 5) is 11.6. The number of pyridine rings is 1. The zero-order chi connectivity index (χ0) is 18.2. The van der Waals surface area contributed by atoms with Gasteiger partial charge in [0.2, 0.25) is 0 Å². The Morgan fingerprint density at radius 3 is 2.93 bits per heavy atom. The van der Waals surface area contributed by atoms with Gasteiger partial charge in [-0.3, -0.25) is 4.90 Å². The van der Waals surface area contributed by atoms with Crippen LogP contribution < -0.4 is 10.6 Å². The lowest BCUT2D eigenvalue weighted by atomic mass is 10.2. The number of nitrogens with one attached hydrogen (secondary N) is 2. The molecule has 3 rings (SSSR count). The molecular formula is C19H30IN7. The molecule has 8 heteroatoms. The van der Waals surface area contributed by atoms with Gasteiger partial charge in [0.05, 0.1) is 6.54 Å². The number of likely N-dealkylation sites (tertiary alicyclic amines) is 1. The van der Waals surface area contributed by atoms with E-state index in [1.165, 1.54) is 19.4 Å². The van der Waals surface area contributed by atoms with Crippen LogP contribution >= 0.6 is 24.0 Å². The Morgan fingerprint density at radius 2 is 2.19 bits per heavy atom. The molecule has 0 bridgehead atoms. The average molecular weight is 483 g/mol. The van der Waals surface area contributed by atoms with Gasteiger partial charge in [-0.25, -0.2) is 14.7 Å². The first kappa shape index (κ1) is 21.6. The number of likely N-dealkylation sites (N-methyl/N-ethyl adjacent to an activating group) is 1. The Balaban J connectivity index is 0.00000261. The highest BCUT2D eigenvalue weighted by molar-refractivity contribution is 14.0. The molecule has 7 nitrogen and oxygen atoms in total. The van der Waals surface area contributed by atoms with Gasteiger partial charge in [-0.15, -0.1) is 24.0 Å². The highest BCUT2D eigenvalue weighted by Gasteiger charge is 2.22. The van der Waals surface area contributed by atoms with Crippen LogP contribution in [0.4, 0.5) is 0 Å². The van der Waals surface area contributed by atoms with Crippen LogP contribution in [0, 0.1) is 0 Å². The van der Waals surface area contributed by atoms with E-state index in [2.05, 4.69) is 39.5 Å². The zero-order valence-corrected chi connectivity index (χ0v) is 18.5. The number of rotatable bonds is 7. The van der Waals surface area contributed by atoms with Gasteiger partial charge in [-0.2, -0.15) is 5.10 Å². The minimum atomic E-state index is 0. The van der Waals surface area contributed by atoms with Crippen molar-refractivity contribution in [3.63, 3.8) is 0 Å². The molecule has 0 aromatic carbocycles. The second kappa shape index (κ2) is 11.2. The standard InChI is InChI=1S/C19H29N7.HI/c1-3-20-19(23-15-17-7-5-11-25(17)4-2)22-14-16-8-10-21-18(13-16)26-12-6-9-24-26;/h6,8-10,12-13,17H,3-5,7,11,14-15H2,1-2H3,(H2,20,22,23);1H. The van der Waals surface area contributed by atoms with Crippen molar-refractivity contribution in [1.29, 1.82) is 0 Å². The summed E-state index contributed by atoms with van der Waals surface area (Å²) in [5.74, 6) is 1.68. The van der Waals surface area contributed by atoms with E-state index >= 15 is 0 Å². The lowest BCUT2D eigenvalue weighted by Gasteiger charge is -2.24. The van der Waals surface area contributed by atoms with Crippen molar-refractivity contribution < 1.29 is 0 Å². The van der Waals surface area contributed by atoms with Gasteiger partial charge in [0.15, 0.2) is 11.8 Å². The number of hydrogen-bond donors (Lipinski definition) is 2. The molecule has 0 radical (unpaired) electrons. The zero-order valence-electron chi connectivity index (χ0n) is 16.1. The lowest BCUT2D eigenvalue weighted by Crippen LogP contribution is -2.44. The van der Waals surface area contributed by atoms with Crippen LogP contribution in [-0.4, -0.2) is 57.8 Å². The quantitative estimate of drug-likeness (QED) is 0.360. The van der Waals surface area contributed by atoms with Crippen molar-refractivity contribution in [2.24, 2.45) is 4.99 Å². The summed E-state index contributed by atoms with van der Waals surface area (Å²) < 4.78 is 1.76. The number of aliphatic imine (C=N–C) groups is 1. The fourth-order valence-electron chi connectivity index (χ4n) is 3.36. The predicted octanol–water partition coefficient (Wildman–Crippen LogP) is 2.42. The molecule has 1 aliphatic heterocycles. The summed E-state index contributed by atoms with van der Waals surface area (Å²) in [6.07, 6.45) is 8.00. The summed E-state index contributed by atoms with van der Waals surface area (Å²) in [5, 5.41) is 11.1. The molecule has 27 heavy (non-hydrogen) atoms. The molecule has 1 unspecified atom stereocenters. The molecule has 1 fully saturated rings. The van der Waals surface area contributed by atoms with Crippen LogP contribution in [0.25, 0.3) is 5.82 Å². The van der Waals surface area contributed by atoms with Crippen LogP contribution in [0.1, 0.15) is 32.3 Å². The highest BCUT2D eigenvalue weighted by Crippen LogP contribution is 2.15. The molecule has 0 spiro atoms. The van der Waals surface area contributed by atoms with Gasteiger partial charge in [-0.1, -0.05) is 6.92 Å². The summed E-state index contributed by atoms with van der Waals surface area (Å²) in [7, 11) is 0. The van der Waals surface area contributed by atoms with E-state index in [0.29, 0.717) is 12.6 Å². The van der Waals surface area contributed by atoms with Crippen molar-refractivity contribution in [2.75, 3.05) is 26.2 Å². The Labute approximate surface area is 178 Å². The van der Waals surface area contributed by atoms with Gasteiger partial charge < -0.3 is 10.6 Å². The van der Waals surface area contributed by atoms with Crippen molar-refractivity contribution >= 4 is 29.9 Å². The van der Waals surface area contributed by atoms with E-state index in [-0.39, 0.29) is 24.0 Å². The van der Waals surface area contributed by atoms with E-state index in [9.17, 15) is 0 Å². The van der Waals surface area contributed by atoms with E-state index in [4.69, 9.17) is 4.99 Å². The Hall–Kier alpha value is -1.68. The summed E-state index contributed by atoms with van der Waals surface area (Å²) in [6, 6.07) is 6.52. The lowest BCUT2D eigenvalue weighted by molar-refractivity contribution is 0.267. The van der Waals surface area contributed by atoms with Crippen LogP contribution in [0.15, 0.2) is 41.8 Å². The minimum Gasteiger partial charge on any atom is -0.357 e. The monoisotopic (exact) mass is 483 g/mol. The van der Waals surface area contributed by atoms with Gasteiger partial charge in [0.25, 0.3) is 0 Å². The first-order valence-electron chi connectivity index (χ1n) is 9.51. The van der Waals surface area contributed by atoms with E-state index < -0.39 is 0 Å². The molecule has 148 valence electrons. The molecule has 3 heterocycles. The smallest absolute Gasteiger partial charge is 0.191 e. The normalized spacial score (nSPS) is 17.6. The van der Waals surface area contributed by atoms with Crippen LogP contribution in [-0.2, 0) is 6.54 Å². The molecule has 2 aromatic heterocycles. The molecule has 0 saturated carbocycles. The van der Waals surface area contributed by atoms with Crippen LogP contribution in [0.3, 0.4) is 0 Å². The first-order valence-corrected chi connectivity index (χ1v) is 9.51. The molecule has 2 N–H and O–H groups in total. The third-order valence-electron chi connectivity index (χ3n) is 4.72. The van der Waals surface area contributed by atoms with Crippen LogP contribution in [0.2, 0.25) is 0 Å². The van der Waals surface area contributed by atoms with Gasteiger partial charge in [0.1, 0.15) is 0 Å². The van der Waals surface area contributed by atoms with Gasteiger partial charge in [0, 0.05) is 37.7 Å². The number of hydrogen-bond acceptors (Lipinski definition) is 4. The average Bonchev–Trinajstić information content (AvgIpc) is 3.35. The minimum absolute atomic E-state index is 0. The topological polar surface area (TPSA) is 70.4 Å². The van der Waals surface area contributed by atoms with Gasteiger partial charge in [-0.05, 0) is 56.6 Å². The molecule has 0 amide bonds. The summed E-state index contributed by atoms with van der Waals surface area (Å²) in [6.45, 7) is 9.05. The maximum Gasteiger partial charge on any atom is 0.191 e. The Morgan fingerprint density at radius 1 is 1.30 bits per heavy atom. The highest BCUT2D eigenvalue weighted by atomic mass is 127. The predicted molar refractivity (Wildman–Crippen MR) is 120 cm³/mol. The molecule has 2 aromatic rings. The third-order valence-corrected chi connectivity index (χ3v) is 4.72. The second-order valence-electron chi connectivity index (χ2n) is 6.47. The summed E-state index contributed by atoms with van der Waals surface area (Å²) >= 11 is 0. The van der Waals surface area contributed by atoms with E-state index in [0.717, 1.165) is 37.0 Å². The Kier molecular flexibility index (Phi) is 8.99. The molecular weight excluding hydrogens is 453 g/mol. The van der Waals surface area contributed by atoms with Crippen molar-refractivity contribution in [3.05, 3.63) is 42.4 Å². The number of aromatic nitrogens is 3. The molecule has 1 aliphatic rings. The van der Waals surface area contributed by atoms with E-state index in [1.54, 1.807) is 17.1 Å². The fourth-order valence-corrected chi connectivity index (χ4v) is 3.36. The van der Waals surface area contributed by atoms with Gasteiger partial charge >= 0.3 is 0 Å². The largest absolute Gasteiger partial charge is 0.357 e. The molecule has 1 saturated heterocycles. The van der Waals surface area contributed by atoms with Crippen molar-refractivity contribution in [3.8, 4) is 5.82 Å². The SMILES string of the molecule is CCNC(=NCc1ccnc(-n2cccn2)c1)NCC1CCCN1CC.I. The maximum absolute atomic E-state index is 4.74. The fraction of sp³-hybridized carbons (Fsp3) is 0.526. The first-order chi connectivity index (χ1) is 12.8. The number of nitrogens with zero attached hydrogens (tertiary/aromatic N) is 5. The second-order valence-corrected chi connectivity index (χ2v) is 6.47. The number of guanidine groups is 1. The third kappa shape index (κ3) is 6.17. The van der Waals surface area contributed by atoms with Crippen LogP contribution in [0.5, 0.6) is 0 Å². The Bertz CT molecular complexity index is 702. The van der Waals surface area contributed by atoms with Crippen molar-refractivity contribution in [1.82, 2.24) is 30.3 Å². The van der Waals surface area contributed by atoms with E-state index in [1.807, 2.05) is 24.4 Å². The van der Waals surface area contributed by atoms with Crippen molar-refractivity contribution in [2.45, 2.75) is 39.3 Å². The number of halogens is 1. The summed E-state index contributed by atoms with van der Waals surface area (Å²) in [5.41, 5.74) is 1.11.